The Morgan fingerprint density at radius 2 is 2.06 bits per heavy atom. The lowest BCUT2D eigenvalue weighted by molar-refractivity contribution is 0.481. The summed E-state index contributed by atoms with van der Waals surface area (Å²) in [6, 6.07) is 9.14. The molecule has 1 aromatic heterocycles. The summed E-state index contributed by atoms with van der Waals surface area (Å²) in [5, 5.41) is 0.581. The molecule has 0 aliphatic rings. The van der Waals surface area contributed by atoms with E-state index >= 15 is 0 Å². The molecule has 82 valence electrons. The van der Waals surface area contributed by atoms with Crippen LogP contribution in [0.5, 0.6) is 11.5 Å². The quantitative estimate of drug-likeness (QED) is 0.808. The summed E-state index contributed by atoms with van der Waals surface area (Å²) >= 11 is 9.40. The monoisotopic (exact) mass is 297 g/mol. The summed E-state index contributed by atoms with van der Waals surface area (Å²) in [6.07, 6.45) is 1.70. The van der Waals surface area contributed by atoms with Crippen molar-refractivity contribution in [2.24, 2.45) is 0 Å². The van der Waals surface area contributed by atoms with Gasteiger partial charge in [-0.05, 0) is 31.2 Å². The van der Waals surface area contributed by atoms with Crippen LogP contribution in [0.3, 0.4) is 0 Å². The van der Waals surface area contributed by atoms with Crippen LogP contribution in [0.15, 0.2) is 41.0 Å². The minimum atomic E-state index is 0.581. The Bertz CT molecular complexity index is 516. The van der Waals surface area contributed by atoms with E-state index < -0.39 is 0 Å². The molecule has 0 N–H and O–H groups in total. The van der Waals surface area contributed by atoms with Crippen LogP contribution in [0, 0.1) is 6.92 Å². The van der Waals surface area contributed by atoms with Crippen molar-refractivity contribution in [1.82, 2.24) is 4.98 Å². The molecule has 4 heteroatoms. The molecule has 0 amide bonds. The van der Waals surface area contributed by atoms with Crippen LogP contribution in [0.25, 0.3) is 0 Å². The fourth-order valence-electron chi connectivity index (χ4n) is 1.27. The SMILES string of the molecule is Cc1cc(Oc2cc(Br)ccc2Cl)ccn1. The van der Waals surface area contributed by atoms with Crippen LogP contribution in [0.2, 0.25) is 5.02 Å². The van der Waals surface area contributed by atoms with E-state index in [0.29, 0.717) is 10.8 Å². The second-order valence-corrected chi connectivity index (χ2v) is 4.63. The van der Waals surface area contributed by atoms with Crippen LogP contribution in [0.4, 0.5) is 0 Å². The van der Waals surface area contributed by atoms with Crippen molar-refractivity contribution in [3.63, 3.8) is 0 Å². The average molecular weight is 299 g/mol. The smallest absolute Gasteiger partial charge is 0.147 e. The molecule has 0 fully saturated rings. The zero-order chi connectivity index (χ0) is 11.5. The minimum Gasteiger partial charge on any atom is -0.456 e. The molecule has 2 nitrogen and oxygen atoms in total. The van der Waals surface area contributed by atoms with Gasteiger partial charge in [-0.3, -0.25) is 4.98 Å². The molecule has 0 atom stereocenters. The first-order valence-corrected chi connectivity index (χ1v) is 5.88. The van der Waals surface area contributed by atoms with Crippen LogP contribution < -0.4 is 4.74 Å². The minimum absolute atomic E-state index is 0.581. The number of pyridine rings is 1. The van der Waals surface area contributed by atoms with Gasteiger partial charge in [0.25, 0.3) is 0 Å². The van der Waals surface area contributed by atoms with Crippen molar-refractivity contribution in [3.8, 4) is 11.5 Å². The van der Waals surface area contributed by atoms with Crippen LogP contribution in [-0.2, 0) is 0 Å². The Morgan fingerprint density at radius 1 is 1.25 bits per heavy atom. The molecule has 0 aliphatic heterocycles. The molecule has 0 saturated carbocycles. The van der Waals surface area contributed by atoms with E-state index in [1.807, 2.05) is 25.1 Å². The summed E-state index contributed by atoms with van der Waals surface area (Å²) in [6.45, 7) is 1.91. The molecule has 16 heavy (non-hydrogen) atoms. The van der Waals surface area contributed by atoms with Gasteiger partial charge in [-0.25, -0.2) is 0 Å². The van der Waals surface area contributed by atoms with Gasteiger partial charge in [0.1, 0.15) is 11.5 Å². The summed E-state index contributed by atoms with van der Waals surface area (Å²) in [5.74, 6) is 1.36. The Labute approximate surface area is 107 Å². The molecule has 1 aromatic carbocycles. The van der Waals surface area contributed by atoms with E-state index in [9.17, 15) is 0 Å². The lowest BCUT2D eigenvalue weighted by Gasteiger charge is -2.08. The number of hydrogen-bond donors (Lipinski definition) is 0. The predicted molar refractivity (Wildman–Crippen MR) is 68.2 cm³/mol. The topological polar surface area (TPSA) is 22.1 Å². The zero-order valence-electron chi connectivity index (χ0n) is 8.58. The standard InChI is InChI=1S/C12H9BrClNO/c1-8-6-10(4-5-15-8)16-12-7-9(13)2-3-11(12)14/h2-7H,1H3. The van der Waals surface area contributed by atoms with E-state index in [1.165, 1.54) is 0 Å². The molecule has 2 rings (SSSR count). The van der Waals surface area contributed by atoms with Gasteiger partial charge in [-0.2, -0.15) is 0 Å². The number of hydrogen-bond acceptors (Lipinski definition) is 2. The molecule has 2 aromatic rings. The predicted octanol–water partition coefficient (Wildman–Crippen LogP) is 4.60. The van der Waals surface area contributed by atoms with Gasteiger partial charge in [0.05, 0.1) is 5.02 Å². The van der Waals surface area contributed by atoms with Gasteiger partial charge in [-0.1, -0.05) is 27.5 Å². The van der Waals surface area contributed by atoms with Crippen LogP contribution >= 0.6 is 27.5 Å². The van der Waals surface area contributed by atoms with Crippen molar-refractivity contribution in [2.75, 3.05) is 0 Å². The molecular weight excluding hydrogens is 289 g/mol. The van der Waals surface area contributed by atoms with Gasteiger partial charge in [0.15, 0.2) is 0 Å². The third-order valence-electron chi connectivity index (χ3n) is 1.99. The second kappa shape index (κ2) is 4.85. The van der Waals surface area contributed by atoms with Gasteiger partial charge in [0, 0.05) is 22.4 Å². The largest absolute Gasteiger partial charge is 0.456 e. The molecule has 0 saturated heterocycles. The first kappa shape index (κ1) is 11.4. The molecule has 0 bridgehead atoms. The normalized spacial score (nSPS) is 10.2. The third-order valence-corrected chi connectivity index (χ3v) is 2.79. The van der Waals surface area contributed by atoms with Crippen molar-refractivity contribution in [1.29, 1.82) is 0 Å². The van der Waals surface area contributed by atoms with E-state index in [4.69, 9.17) is 16.3 Å². The molecular formula is C12H9BrClNO. The lowest BCUT2D eigenvalue weighted by atomic mass is 10.3. The highest BCUT2D eigenvalue weighted by Crippen LogP contribution is 2.31. The van der Waals surface area contributed by atoms with Crippen LogP contribution in [-0.4, -0.2) is 4.98 Å². The Kier molecular flexibility index (Phi) is 3.46. The fraction of sp³-hybridized carbons (Fsp3) is 0.0833. The number of aryl methyl sites for hydroxylation is 1. The van der Waals surface area contributed by atoms with Gasteiger partial charge in [-0.15, -0.1) is 0 Å². The number of rotatable bonds is 2. The second-order valence-electron chi connectivity index (χ2n) is 3.31. The maximum atomic E-state index is 6.02. The number of ether oxygens (including phenoxy) is 1. The number of aromatic nitrogens is 1. The Morgan fingerprint density at radius 3 is 2.81 bits per heavy atom. The Balaban J connectivity index is 2.30. The van der Waals surface area contributed by atoms with Crippen LogP contribution in [0.1, 0.15) is 5.69 Å². The van der Waals surface area contributed by atoms with Gasteiger partial charge < -0.3 is 4.74 Å². The van der Waals surface area contributed by atoms with Gasteiger partial charge >= 0.3 is 0 Å². The maximum absolute atomic E-state index is 6.02. The highest BCUT2D eigenvalue weighted by atomic mass is 79.9. The molecule has 0 radical (unpaired) electrons. The molecule has 0 aliphatic carbocycles. The van der Waals surface area contributed by atoms with Crippen molar-refractivity contribution >= 4 is 27.5 Å². The van der Waals surface area contributed by atoms with E-state index in [-0.39, 0.29) is 0 Å². The lowest BCUT2D eigenvalue weighted by Crippen LogP contribution is -1.87. The summed E-state index contributed by atoms with van der Waals surface area (Å²) in [4.78, 5) is 4.10. The van der Waals surface area contributed by atoms with E-state index in [2.05, 4.69) is 20.9 Å². The summed E-state index contributed by atoms with van der Waals surface area (Å²) in [7, 11) is 0. The van der Waals surface area contributed by atoms with Crippen molar-refractivity contribution < 1.29 is 4.74 Å². The van der Waals surface area contributed by atoms with Crippen molar-refractivity contribution in [3.05, 3.63) is 51.7 Å². The summed E-state index contributed by atoms with van der Waals surface area (Å²) < 4.78 is 6.60. The Hall–Kier alpha value is -1.06. The number of halogens is 2. The number of nitrogens with zero attached hydrogens (tertiary/aromatic N) is 1. The zero-order valence-corrected chi connectivity index (χ0v) is 10.9. The molecule has 1 heterocycles. The van der Waals surface area contributed by atoms with E-state index in [1.54, 1.807) is 18.3 Å². The third kappa shape index (κ3) is 2.74. The highest BCUT2D eigenvalue weighted by Gasteiger charge is 2.04. The molecule has 0 spiro atoms. The first-order chi connectivity index (χ1) is 7.65. The highest BCUT2D eigenvalue weighted by molar-refractivity contribution is 9.10. The number of benzene rings is 1. The maximum Gasteiger partial charge on any atom is 0.147 e. The van der Waals surface area contributed by atoms with E-state index in [0.717, 1.165) is 15.9 Å². The van der Waals surface area contributed by atoms with Crippen molar-refractivity contribution in [2.45, 2.75) is 6.92 Å². The average Bonchev–Trinajstić information content (AvgIpc) is 2.24. The summed E-state index contributed by atoms with van der Waals surface area (Å²) in [5.41, 5.74) is 0.906. The first-order valence-electron chi connectivity index (χ1n) is 4.71. The fourth-order valence-corrected chi connectivity index (χ4v) is 1.76. The van der Waals surface area contributed by atoms with Gasteiger partial charge in [0.2, 0.25) is 0 Å². The molecule has 0 unspecified atom stereocenters.